The zero-order valence-corrected chi connectivity index (χ0v) is 18.6. The number of carbonyl (C=O) groups is 1. The van der Waals surface area contributed by atoms with Crippen molar-refractivity contribution in [1.82, 2.24) is 0 Å². The van der Waals surface area contributed by atoms with E-state index in [1.54, 1.807) is 25.1 Å². The molecule has 0 aliphatic rings. The number of rotatable bonds is 6. The Labute approximate surface area is 182 Å². The first-order valence-electron chi connectivity index (χ1n) is 9.48. The Kier molecular flexibility index (Phi) is 6.48. The molecule has 0 spiro atoms. The molecular weight excluding hydrogens is 420 g/mol. The third-order valence-electron chi connectivity index (χ3n) is 4.92. The van der Waals surface area contributed by atoms with Crippen LogP contribution < -0.4 is 9.62 Å². The Morgan fingerprint density at radius 3 is 2.33 bits per heavy atom. The number of sulfonamides is 1. The highest BCUT2D eigenvalue weighted by atomic mass is 35.5. The monoisotopic (exact) mass is 442 g/mol. The molecule has 0 unspecified atom stereocenters. The lowest BCUT2D eigenvalue weighted by atomic mass is 10.1. The van der Waals surface area contributed by atoms with Gasteiger partial charge < -0.3 is 5.32 Å². The number of nitrogens with zero attached hydrogens (tertiary/aromatic N) is 1. The molecule has 5 nitrogen and oxygen atoms in total. The molecule has 0 aliphatic heterocycles. The second-order valence-corrected chi connectivity index (χ2v) is 9.30. The fourth-order valence-corrected chi connectivity index (χ4v) is 4.58. The van der Waals surface area contributed by atoms with Gasteiger partial charge in [-0.15, -0.1) is 0 Å². The van der Waals surface area contributed by atoms with Crippen LogP contribution in [0.15, 0.2) is 71.6 Å². The summed E-state index contributed by atoms with van der Waals surface area (Å²) in [6.45, 7) is 3.81. The van der Waals surface area contributed by atoms with Crippen LogP contribution in [0.4, 0.5) is 11.4 Å². The van der Waals surface area contributed by atoms with Crippen LogP contribution in [0.5, 0.6) is 0 Å². The van der Waals surface area contributed by atoms with Gasteiger partial charge >= 0.3 is 0 Å². The minimum Gasteiger partial charge on any atom is -0.322 e. The standard InChI is InChI=1S/C23H23ClN2O3S/c1-4-17-7-5-6-8-21(17)25-23(27)18-9-14-22(16(2)15-18)26(3)30(28,29)20-12-10-19(24)11-13-20/h5-15H,4H2,1-3H3,(H,25,27). The minimum atomic E-state index is -3.75. The molecule has 0 bridgehead atoms. The number of carbonyl (C=O) groups excluding carboxylic acids is 1. The summed E-state index contributed by atoms with van der Waals surface area (Å²) >= 11 is 5.86. The second kappa shape index (κ2) is 8.90. The van der Waals surface area contributed by atoms with E-state index < -0.39 is 10.0 Å². The minimum absolute atomic E-state index is 0.145. The van der Waals surface area contributed by atoms with Gasteiger partial charge in [-0.05, 0) is 73.0 Å². The lowest BCUT2D eigenvalue weighted by Crippen LogP contribution is -2.27. The lowest BCUT2D eigenvalue weighted by Gasteiger charge is -2.22. The summed E-state index contributed by atoms with van der Waals surface area (Å²) in [5, 5.41) is 3.40. The van der Waals surface area contributed by atoms with Crippen molar-refractivity contribution in [3.05, 3.63) is 88.4 Å². The van der Waals surface area contributed by atoms with Crippen LogP contribution in [0.25, 0.3) is 0 Å². The van der Waals surface area contributed by atoms with Gasteiger partial charge in [0, 0.05) is 23.3 Å². The molecule has 1 N–H and O–H groups in total. The Balaban J connectivity index is 1.85. The van der Waals surface area contributed by atoms with Gasteiger partial charge in [0.1, 0.15) is 0 Å². The third-order valence-corrected chi connectivity index (χ3v) is 6.95. The van der Waals surface area contributed by atoms with Gasteiger partial charge in [-0.3, -0.25) is 9.10 Å². The van der Waals surface area contributed by atoms with Crippen molar-refractivity contribution < 1.29 is 13.2 Å². The van der Waals surface area contributed by atoms with E-state index in [4.69, 9.17) is 11.6 Å². The van der Waals surface area contributed by atoms with Crippen LogP contribution in [0.3, 0.4) is 0 Å². The van der Waals surface area contributed by atoms with E-state index in [9.17, 15) is 13.2 Å². The molecule has 3 aromatic rings. The van der Waals surface area contributed by atoms with Gasteiger partial charge in [0.15, 0.2) is 0 Å². The van der Waals surface area contributed by atoms with Crippen LogP contribution in [-0.4, -0.2) is 21.4 Å². The van der Waals surface area contributed by atoms with Crippen LogP contribution in [0.2, 0.25) is 5.02 Å². The zero-order chi connectivity index (χ0) is 21.9. The molecule has 0 atom stereocenters. The van der Waals surface area contributed by atoms with E-state index in [-0.39, 0.29) is 10.8 Å². The maximum absolute atomic E-state index is 12.9. The smallest absolute Gasteiger partial charge is 0.264 e. The first kappa shape index (κ1) is 21.9. The predicted molar refractivity (Wildman–Crippen MR) is 122 cm³/mol. The summed E-state index contributed by atoms with van der Waals surface area (Å²) in [7, 11) is -2.26. The topological polar surface area (TPSA) is 66.5 Å². The number of hydrogen-bond acceptors (Lipinski definition) is 3. The molecule has 0 fully saturated rings. The Morgan fingerprint density at radius 1 is 1.03 bits per heavy atom. The van der Waals surface area contributed by atoms with Gasteiger partial charge in [-0.1, -0.05) is 36.7 Å². The summed E-state index contributed by atoms with van der Waals surface area (Å²) < 4.78 is 27.1. The number of anilines is 2. The Hall–Kier alpha value is -2.83. The predicted octanol–water partition coefficient (Wildman–Crippen LogP) is 5.29. The highest BCUT2D eigenvalue weighted by Crippen LogP contribution is 2.27. The third kappa shape index (κ3) is 4.50. The summed E-state index contributed by atoms with van der Waals surface area (Å²) in [6.07, 6.45) is 0.807. The number of halogens is 1. The number of amides is 1. The zero-order valence-electron chi connectivity index (χ0n) is 17.0. The Bertz CT molecular complexity index is 1180. The van der Waals surface area contributed by atoms with Crippen molar-refractivity contribution in [2.75, 3.05) is 16.7 Å². The van der Waals surface area contributed by atoms with Crippen molar-refractivity contribution in [3.8, 4) is 0 Å². The molecule has 30 heavy (non-hydrogen) atoms. The fourth-order valence-electron chi connectivity index (χ4n) is 3.19. The molecule has 156 valence electrons. The lowest BCUT2D eigenvalue weighted by molar-refractivity contribution is 0.102. The van der Waals surface area contributed by atoms with Gasteiger partial charge in [-0.2, -0.15) is 0 Å². The summed E-state index contributed by atoms with van der Waals surface area (Å²) in [6, 6.07) is 18.6. The largest absolute Gasteiger partial charge is 0.322 e. The molecule has 1 amide bonds. The normalized spacial score (nSPS) is 11.2. The maximum Gasteiger partial charge on any atom is 0.264 e. The van der Waals surface area contributed by atoms with Crippen LogP contribution in [0, 0.1) is 6.92 Å². The van der Waals surface area contributed by atoms with Gasteiger partial charge in [0.25, 0.3) is 15.9 Å². The number of hydrogen-bond donors (Lipinski definition) is 1. The molecule has 0 saturated heterocycles. The maximum atomic E-state index is 12.9. The first-order chi connectivity index (χ1) is 14.2. The average molecular weight is 443 g/mol. The van der Waals surface area contributed by atoms with Gasteiger partial charge in [0.2, 0.25) is 0 Å². The molecule has 0 aromatic heterocycles. The fraction of sp³-hybridized carbons (Fsp3) is 0.174. The van der Waals surface area contributed by atoms with Crippen molar-refractivity contribution in [3.63, 3.8) is 0 Å². The van der Waals surface area contributed by atoms with Crippen LogP contribution in [0.1, 0.15) is 28.4 Å². The highest BCUT2D eigenvalue weighted by Gasteiger charge is 2.23. The van der Waals surface area contributed by atoms with E-state index in [0.717, 1.165) is 17.7 Å². The molecule has 0 radical (unpaired) electrons. The number of benzene rings is 3. The molecule has 3 rings (SSSR count). The van der Waals surface area contributed by atoms with Crippen LogP contribution >= 0.6 is 11.6 Å². The Morgan fingerprint density at radius 2 is 1.70 bits per heavy atom. The molecule has 0 heterocycles. The number of para-hydroxylation sites is 1. The average Bonchev–Trinajstić information content (AvgIpc) is 2.73. The molecule has 7 heteroatoms. The van der Waals surface area contributed by atoms with Crippen LogP contribution in [-0.2, 0) is 16.4 Å². The first-order valence-corrected chi connectivity index (χ1v) is 11.3. The molecule has 3 aromatic carbocycles. The molecule has 0 aliphatic carbocycles. The molecular formula is C23H23ClN2O3S. The summed E-state index contributed by atoms with van der Waals surface area (Å²) in [5.74, 6) is -0.242. The summed E-state index contributed by atoms with van der Waals surface area (Å²) in [5.41, 5.74) is 3.45. The van der Waals surface area contributed by atoms with Gasteiger partial charge in [0.05, 0.1) is 10.6 Å². The number of aryl methyl sites for hydroxylation is 2. The number of nitrogens with one attached hydrogen (secondary N) is 1. The summed E-state index contributed by atoms with van der Waals surface area (Å²) in [4.78, 5) is 12.9. The van der Waals surface area contributed by atoms with E-state index in [1.807, 2.05) is 31.2 Å². The van der Waals surface area contributed by atoms with Gasteiger partial charge in [-0.25, -0.2) is 8.42 Å². The SMILES string of the molecule is CCc1ccccc1NC(=O)c1ccc(N(C)S(=O)(=O)c2ccc(Cl)cc2)c(C)c1. The van der Waals surface area contributed by atoms with E-state index >= 15 is 0 Å². The van der Waals surface area contributed by atoms with E-state index in [0.29, 0.717) is 21.8 Å². The van der Waals surface area contributed by atoms with Crippen molar-refractivity contribution >= 4 is 38.9 Å². The van der Waals surface area contributed by atoms with Crippen molar-refractivity contribution in [1.29, 1.82) is 0 Å². The van der Waals surface area contributed by atoms with Crippen molar-refractivity contribution in [2.45, 2.75) is 25.2 Å². The second-order valence-electron chi connectivity index (χ2n) is 6.89. The van der Waals surface area contributed by atoms with Crippen molar-refractivity contribution in [2.24, 2.45) is 0 Å². The highest BCUT2D eigenvalue weighted by molar-refractivity contribution is 7.92. The van der Waals surface area contributed by atoms with E-state index in [2.05, 4.69) is 5.32 Å². The quantitative estimate of drug-likeness (QED) is 0.564. The van der Waals surface area contributed by atoms with E-state index in [1.165, 1.54) is 35.6 Å². The molecule has 0 saturated carbocycles.